The molecule has 1 unspecified atom stereocenters. The van der Waals surface area contributed by atoms with Crippen molar-refractivity contribution >= 4 is 18.4 Å². The largest absolute Gasteiger partial charge is 0.480 e. The normalized spacial score (nSPS) is 11.8. The average molecular weight is 155 g/mol. The summed E-state index contributed by atoms with van der Waals surface area (Å²) in [6.07, 6.45) is 0. The van der Waals surface area contributed by atoms with Crippen molar-refractivity contribution in [3.05, 3.63) is 0 Å². The summed E-state index contributed by atoms with van der Waals surface area (Å²) in [4.78, 5) is 10.0. The summed E-state index contributed by atoms with van der Waals surface area (Å²) in [6.45, 7) is 0.131. The zero-order chi connectivity index (χ0) is 6.57. The number of aliphatic carboxylic acids is 1. The van der Waals surface area contributed by atoms with Crippen LogP contribution >= 0.6 is 12.4 Å². The van der Waals surface area contributed by atoms with Gasteiger partial charge >= 0.3 is 5.97 Å². The van der Waals surface area contributed by atoms with Crippen LogP contribution in [-0.2, 0) is 4.79 Å². The zero-order valence-electron chi connectivity index (χ0n) is 5.13. The third kappa shape index (κ3) is 4.20. The summed E-state index contributed by atoms with van der Waals surface area (Å²) in [6, 6.07) is -0.602. The molecule has 0 bridgehead atoms. The van der Waals surface area contributed by atoms with Gasteiger partial charge in [0.2, 0.25) is 0 Å². The quantitative estimate of drug-likeness (QED) is 0.490. The molecule has 5 heteroatoms. The van der Waals surface area contributed by atoms with E-state index < -0.39 is 12.0 Å². The fourth-order valence-electron chi connectivity index (χ4n) is 0.342. The molecule has 0 amide bonds. The highest BCUT2D eigenvalue weighted by Gasteiger charge is 2.10. The van der Waals surface area contributed by atoms with Gasteiger partial charge in [-0.2, -0.15) is 0 Å². The lowest BCUT2D eigenvalue weighted by Gasteiger charge is -2.05. The average Bonchev–Trinajstić information content (AvgIpc) is 1.69. The number of hydrogen-bond donors (Lipinski definition) is 3. The first-order valence-corrected chi connectivity index (χ1v) is 2.32. The van der Waals surface area contributed by atoms with Crippen molar-refractivity contribution in [1.29, 1.82) is 0 Å². The Kier molecular flexibility index (Phi) is 7.41. The lowest BCUT2D eigenvalue weighted by Crippen LogP contribution is -2.40. The van der Waals surface area contributed by atoms with Gasteiger partial charge in [-0.05, 0) is 7.05 Å². The molecular weight excluding hydrogens is 144 g/mol. The molecule has 0 heterocycles. The molecule has 0 rings (SSSR count). The predicted molar refractivity (Wildman–Crippen MR) is 36.8 cm³/mol. The molecule has 0 aromatic rings. The van der Waals surface area contributed by atoms with Crippen LogP contribution in [-0.4, -0.2) is 30.7 Å². The van der Waals surface area contributed by atoms with Crippen LogP contribution in [0.1, 0.15) is 0 Å². The summed E-state index contributed by atoms with van der Waals surface area (Å²) in [7, 11) is 1.56. The highest BCUT2D eigenvalue weighted by atomic mass is 35.5. The maximum atomic E-state index is 10.0. The Balaban J connectivity index is 0. The molecule has 0 spiro atoms. The number of carboxylic acid groups (broad SMARTS) is 1. The second kappa shape index (κ2) is 5.81. The van der Waals surface area contributed by atoms with Crippen molar-refractivity contribution in [3.8, 4) is 0 Å². The zero-order valence-corrected chi connectivity index (χ0v) is 5.94. The number of nitrogens with two attached hydrogens (primary N) is 1. The number of likely N-dealkylation sites (N-methyl/N-ethyl adjacent to an activating group) is 1. The summed E-state index contributed by atoms with van der Waals surface area (Å²) < 4.78 is 0. The Bertz CT molecular complexity index is 84.6. The molecule has 4 N–H and O–H groups in total. The molecule has 0 aliphatic rings. The Labute approximate surface area is 59.8 Å². The molecule has 0 aromatic heterocycles. The fraction of sp³-hybridized carbons (Fsp3) is 0.750. The molecule has 0 radical (unpaired) electrons. The van der Waals surface area contributed by atoms with Crippen LogP contribution < -0.4 is 11.1 Å². The van der Waals surface area contributed by atoms with E-state index in [9.17, 15) is 4.79 Å². The van der Waals surface area contributed by atoms with E-state index in [2.05, 4.69) is 5.32 Å². The van der Waals surface area contributed by atoms with Gasteiger partial charge < -0.3 is 16.2 Å². The Morgan fingerprint density at radius 1 is 1.89 bits per heavy atom. The number of halogens is 1. The van der Waals surface area contributed by atoms with Crippen molar-refractivity contribution in [1.82, 2.24) is 5.32 Å². The molecule has 0 aliphatic carbocycles. The molecule has 0 saturated heterocycles. The van der Waals surface area contributed by atoms with Crippen LogP contribution in [0, 0.1) is 0 Å². The van der Waals surface area contributed by atoms with Gasteiger partial charge in [-0.1, -0.05) is 0 Å². The molecular formula is C4H11ClN2O2. The minimum absolute atomic E-state index is 0. The molecule has 0 saturated carbocycles. The second-order valence-electron chi connectivity index (χ2n) is 1.42. The predicted octanol–water partition coefficient (Wildman–Crippen LogP) is -0.960. The Morgan fingerprint density at radius 3 is 2.33 bits per heavy atom. The van der Waals surface area contributed by atoms with Crippen molar-refractivity contribution < 1.29 is 9.90 Å². The highest BCUT2D eigenvalue weighted by Crippen LogP contribution is 1.74. The van der Waals surface area contributed by atoms with Crippen LogP contribution in [0.5, 0.6) is 0 Å². The Hall–Kier alpha value is -0.320. The third-order valence-electron chi connectivity index (χ3n) is 0.882. The maximum Gasteiger partial charge on any atom is 0.322 e. The summed E-state index contributed by atoms with van der Waals surface area (Å²) in [5, 5.41) is 10.8. The third-order valence-corrected chi connectivity index (χ3v) is 0.882. The fourth-order valence-corrected chi connectivity index (χ4v) is 0.342. The SMILES string of the molecule is CNC(CN)C(=O)O.Cl. The van der Waals surface area contributed by atoms with Gasteiger partial charge in [0.05, 0.1) is 0 Å². The van der Waals surface area contributed by atoms with E-state index in [1.165, 1.54) is 0 Å². The van der Waals surface area contributed by atoms with Gasteiger partial charge in [-0.3, -0.25) is 4.79 Å². The maximum absolute atomic E-state index is 10.0. The van der Waals surface area contributed by atoms with Crippen molar-refractivity contribution in [2.75, 3.05) is 13.6 Å². The van der Waals surface area contributed by atoms with Crippen molar-refractivity contribution in [3.63, 3.8) is 0 Å². The smallest absolute Gasteiger partial charge is 0.322 e. The van der Waals surface area contributed by atoms with E-state index in [1.54, 1.807) is 7.05 Å². The summed E-state index contributed by atoms with van der Waals surface area (Å²) >= 11 is 0. The minimum Gasteiger partial charge on any atom is -0.480 e. The summed E-state index contributed by atoms with van der Waals surface area (Å²) in [5.74, 6) is -0.907. The number of carboxylic acids is 1. The van der Waals surface area contributed by atoms with E-state index in [0.717, 1.165) is 0 Å². The van der Waals surface area contributed by atoms with Gasteiger partial charge in [0.1, 0.15) is 6.04 Å². The van der Waals surface area contributed by atoms with Gasteiger partial charge in [0.25, 0.3) is 0 Å². The van der Waals surface area contributed by atoms with Gasteiger partial charge in [-0.25, -0.2) is 0 Å². The van der Waals surface area contributed by atoms with Crippen LogP contribution in [0.25, 0.3) is 0 Å². The molecule has 0 aliphatic heterocycles. The first-order chi connectivity index (χ1) is 3.72. The van der Waals surface area contributed by atoms with E-state index >= 15 is 0 Å². The number of carbonyl (C=O) groups is 1. The van der Waals surface area contributed by atoms with Crippen LogP contribution in [0.3, 0.4) is 0 Å². The molecule has 4 nitrogen and oxygen atoms in total. The minimum atomic E-state index is -0.907. The topological polar surface area (TPSA) is 75.3 Å². The van der Waals surface area contributed by atoms with Crippen molar-refractivity contribution in [2.45, 2.75) is 6.04 Å². The van der Waals surface area contributed by atoms with Gasteiger partial charge in [0.15, 0.2) is 0 Å². The second-order valence-corrected chi connectivity index (χ2v) is 1.42. The summed E-state index contributed by atoms with van der Waals surface area (Å²) in [5.41, 5.74) is 5.04. The number of nitrogens with one attached hydrogen (secondary N) is 1. The Morgan fingerprint density at radius 2 is 2.33 bits per heavy atom. The van der Waals surface area contributed by atoms with Gasteiger partial charge in [-0.15, -0.1) is 12.4 Å². The molecule has 9 heavy (non-hydrogen) atoms. The molecule has 0 fully saturated rings. The van der Waals surface area contributed by atoms with Crippen LogP contribution in [0.15, 0.2) is 0 Å². The lowest BCUT2D eigenvalue weighted by molar-refractivity contribution is -0.139. The lowest BCUT2D eigenvalue weighted by atomic mass is 10.3. The van der Waals surface area contributed by atoms with E-state index in [0.29, 0.717) is 0 Å². The number of rotatable bonds is 3. The molecule has 0 aromatic carbocycles. The molecule has 1 atom stereocenters. The van der Waals surface area contributed by atoms with Crippen LogP contribution in [0.4, 0.5) is 0 Å². The first kappa shape index (κ1) is 11.5. The molecule has 56 valence electrons. The standard InChI is InChI=1S/C4H10N2O2.ClH/c1-6-3(2-5)4(7)8;/h3,6H,2,5H2,1H3,(H,7,8);1H. The highest BCUT2D eigenvalue weighted by molar-refractivity contribution is 5.85. The van der Waals surface area contributed by atoms with Crippen molar-refractivity contribution in [2.24, 2.45) is 5.73 Å². The monoisotopic (exact) mass is 154 g/mol. The van der Waals surface area contributed by atoms with E-state index in [1.807, 2.05) is 0 Å². The number of hydrogen-bond acceptors (Lipinski definition) is 3. The first-order valence-electron chi connectivity index (χ1n) is 2.32. The van der Waals surface area contributed by atoms with E-state index in [-0.39, 0.29) is 19.0 Å². The van der Waals surface area contributed by atoms with E-state index in [4.69, 9.17) is 10.8 Å². The van der Waals surface area contributed by atoms with Crippen LogP contribution in [0.2, 0.25) is 0 Å². The van der Waals surface area contributed by atoms with Gasteiger partial charge in [0, 0.05) is 6.54 Å².